The number of hydrogen-bond donors (Lipinski definition) is 1. The Labute approximate surface area is 177 Å². The Morgan fingerprint density at radius 3 is 2.62 bits per heavy atom. The predicted octanol–water partition coefficient (Wildman–Crippen LogP) is 3.61. The van der Waals surface area contributed by atoms with Crippen molar-refractivity contribution in [2.45, 2.75) is 30.5 Å². The molecule has 2 heterocycles. The van der Waals surface area contributed by atoms with E-state index in [9.17, 15) is 13.2 Å². The van der Waals surface area contributed by atoms with E-state index in [0.717, 1.165) is 36.5 Å². The second-order valence-corrected chi connectivity index (χ2v) is 10.6. The standard InChI is InChI=1S/C19H20N4O3S3/c1-29(25,26)22-14-6-4-13(5-7-14)17(24)12-28-19-21-20-18(23(19)15-8-9-15)11-16-3-2-10-27-16/h2-7,10,15,22H,8-9,11-12H2,1H3. The van der Waals surface area contributed by atoms with Crippen molar-refractivity contribution in [3.63, 3.8) is 0 Å². The minimum Gasteiger partial charge on any atom is -0.303 e. The van der Waals surface area contributed by atoms with Gasteiger partial charge in [0.05, 0.1) is 12.0 Å². The number of thioether (sulfide) groups is 1. The monoisotopic (exact) mass is 448 g/mol. The van der Waals surface area contributed by atoms with E-state index in [2.05, 4.69) is 30.9 Å². The Bertz CT molecular complexity index is 1100. The van der Waals surface area contributed by atoms with E-state index in [4.69, 9.17) is 0 Å². The Morgan fingerprint density at radius 1 is 1.24 bits per heavy atom. The molecule has 0 spiro atoms. The molecular formula is C19H20N4O3S3. The SMILES string of the molecule is CS(=O)(=O)Nc1ccc(C(=O)CSc2nnc(Cc3cccs3)n2C2CC2)cc1. The maximum atomic E-state index is 12.6. The van der Waals surface area contributed by atoms with E-state index in [1.807, 2.05) is 6.07 Å². The smallest absolute Gasteiger partial charge is 0.229 e. The lowest BCUT2D eigenvalue weighted by Gasteiger charge is -2.08. The highest BCUT2D eigenvalue weighted by atomic mass is 32.2. The summed E-state index contributed by atoms with van der Waals surface area (Å²) in [6.07, 6.45) is 4.08. The van der Waals surface area contributed by atoms with Crippen LogP contribution in [0.25, 0.3) is 0 Å². The summed E-state index contributed by atoms with van der Waals surface area (Å²) in [6, 6.07) is 11.0. The third kappa shape index (κ3) is 5.26. The molecule has 4 rings (SSSR count). The maximum Gasteiger partial charge on any atom is 0.229 e. The van der Waals surface area contributed by atoms with Gasteiger partial charge in [-0.25, -0.2) is 8.42 Å². The molecule has 1 aromatic carbocycles. The van der Waals surface area contributed by atoms with Crippen LogP contribution in [0.3, 0.4) is 0 Å². The summed E-state index contributed by atoms with van der Waals surface area (Å²) in [5.74, 6) is 1.16. The Hall–Kier alpha value is -2.17. The highest BCUT2D eigenvalue weighted by Gasteiger charge is 2.30. The van der Waals surface area contributed by atoms with E-state index >= 15 is 0 Å². The number of Topliss-reactive ketones (excluding diaryl/α,β-unsaturated/α-hetero) is 1. The van der Waals surface area contributed by atoms with E-state index in [1.54, 1.807) is 35.6 Å². The Morgan fingerprint density at radius 2 is 2.00 bits per heavy atom. The summed E-state index contributed by atoms with van der Waals surface area (Å²) in [6.45, 7) is 0. The first-order chi connectivity index (χ1) is 13.9. The molecule has 3 aromatic rings. The van der Waals surface area contributed by atoms with Gasteiger partial charge in [0.25, 0.3) is 0 Å². The number of nitrogens with zero attached hydrogens (tertiary/aromatic N) is 3. The third-order valence-electron chi connectivity index (χ3n) is 4.40. The zero-order valence-corrected chi connectivity index (χ0v) is 18.2. The highest BCUT2D eigenvalue weighted by molar-refractivity contribution is 7.99. The zero-order chi connectivity index (χ0) is 20.4. The number of carbonyl (C=O) groups excluding carboxylic acids is 1. The molecule has 1 N–H and O–H groups in total. The summed E-state index contributed by atoms with van der Waals surface area (Å²) in [5, 5.41) is 11.5. The number of rotatable bonds is 9. The van der Waals surface area contributed by atoms with Crippen LogP contribution < -0.4 is 4.72 Å². The van der Waals surface area contributed by atoms with Gasteiger partial charge in [-0.3, -0.25) is 9.52 Å². The van der Waals surface area contributed by atoms with Gasteiger partial charge in [0.2, 0.25) is 10.0 Å². The first-order valence-corrected chi connectivity index (χ1v) is 12.8. The van der Waals surface area contributed by atoms with Gasteiger partial charge < -0.3 is 4.57 Å². The minimum absolute atomic E-state index is 0.0361. The number of benzene rings is 1. The molecule has 0 amide bonds. The molecule has 0 bridgehead atoms. The molecule has 1 saturated carbocycles. The number of nitrogens with one attached hydrogen (secondary N) is 1. The lowest BCUT2D eigenvalue weighted by atomic mass is 10.1. The van der Waals surface area contributed by atoms with Gasteiger partial charge in [0.1, 0.15) is 5.82 Å². The summed E-state index contributed by atoms with van der Waals surface area (Å²) in [4.78, 5) is 13.8. The number of carbonyl (C=O) groups is 1. The summed E-state index contributed by atoms with van der Waals surface area (Å²) in [5.41, 5.74) is 0.969. The van der Waals surface area contributed by atoms with Gasteiger partial charge in [-0.05, 0) is 48.6 Å². The second kappa shape index (κ2) is 8.29. The quantitative estimate of drug-likeness (QED) is 0.397. The molecule has 1 aliphatic carbocycles. The van der Waals surface area contributed by atoms with Crippen LogP contribution >= 0.6 is 23.1 Å². The molecule has 1 fully saturated rings. The molecule has 29 heavy (non-hydrogen) atoms. The lowest BCUT2D eigenvalue weighted by Crippen LogP contribution is -2.10. The Kier molecular flexibility index (Phi) is 5.75. The van der Waals surface area contributed by atoms with Crippen LogP contribution in [-0.2, 0) is 16.4 Å². The van der Waals surface area contributed by atoms with Crippen LogP contribution in [0, 0.1) is 0 Å². The highest BCUT2D eigenvalue weighted by Crippen LogP contribution is 2.39. The first-order valence-electron chi connectivity index (χ1n) is 9.09. The van der Waals surface area contributed by atoms with Crippen molar-refractivity contribution in [2.75, 3.05) is 16.7 Å². The third-order valence-corrected chi connectivity index (χ3v) is 6.83. The first kappa shape index (κ1) is 20.1. The molecule has 2 aromatic heterocycles. The molecule has 0 radical (unpaired) electrons. The second-order valence-electron chi connectivity index (χ2n) is 6.92. The molecule has 10 heteroatoms. The Balaban J connectivity index is 1.42. The number of ketones is 1. The van der Waals surface area contributed by atoms with Gasteiger partial charge in [-0.1, -0.05) is 17.8 Å². The number of anilines is 1. The van der Waals surface area contributed by atoms with Crippen molar-refractivity contribution in [1.29, 1.82) is 0 Å². The van der Waals surface area contributed by atoms with Gasteiger partial charge in [-0.15, -0.1) is 21.5 Å². The van der Waals surface area contributed by atoms with E-state index in [-0.39, 0.29) is 11.5 Å². The van der Waals surface area contributed by atoms with Gasteiger partial charge in [-0.2, -0.15) is 0 Å². The molecule has 0 aliphatic heterocycles. The van der Waals surface area contributed by atoms with Gasteiger partial charge in [0.15, 0.2) is 10.9 Å². The average molecular weight is 449 g/mol. The topological polar surface area (TPSA) is 93.9 Å². The van der Waals surface area contributed by atoms with Crippen molar-refractivity contribution in [1.82, 2.24) is 14.8 Å². The van der Waals surface area contributed by atoms with Gasteiger partial charge in [0, 0.05) is 28.6 Å². The van der Waals surface area contributed by atoms with E-state index in [0.29, 0.717) is 17.3 Å². The molecule has 152 valence electrons. The van der Waals surface area contributed by atoms with E-state index in [1.165, 1.54) is 16.6 Å². The van der Waals surface area contributed by atoms with Crippen molar-refractivity contribution in [2.24, 2.45) is 0 Å². The van der Waals surface area contributed by atoms with Crippen LogP contribution in [0.5, 0.6) is 0 Å². The van der Waals surface area contributed by atoms with Crippen LogP contribution in [0.2, 0.25) is 0 Å². The molecule has 0 atom stereocenters. The van der Waals surface area contributed by atoms with Crippen molar-refractivity contribution >= 4 is 44.6 Å². The summed E-state index contributed by atoms with van der Waals surface area (Å²) >= 11 is 3.10. The number of aromatic nitrogens is 3. The fourth-order valence-corrected chi connectivity index (χ4v) is 5.13. The van der Waals surface area contributed by atoms with Crippen molar-refractivity contribution in [3.05, 3.63) is 58.0 Å². The fourth-order valence-electron chi connectivity index (χ4n) is 2.95. The largest absolute Gasteiger partial charge is 0.303 e. The molecule has 0 unspecified atom stereocenters. The normalized spacial score (nSPS) is 14.1. The predicted molar refractivity (Wildman–Crippen MR) is 115 cm³/mol. The maximum absolute atomic E-state index is 12.6. The molecule has 0 saturated heterocycles. The number of hydrogen-bond acceptors (Lipinski definition) is 7. The van der Waals surface area contributed by atoms with Crippen LogP contribution in [0.1, 0.15) is 39.9 Å². The number of sulfonamides is 1. The van der Waals surface area contributed by atoms with Crippen LogP contribution in [0.4, 0.5) is 5.69 Å². The number of thiophene rings is 1. The molecule has 7 nitrogen and oxygen atoms in total. The lowest BCUT2D eigenvalue weighted by molar-refractivity contribution is 0.102. The summed E-state index contributed by atoms with van der Waals surface area (Å²) in [7, 11) is -3.34. The van der Waals surface area contributed by atoms with Crippen molar-refractivity contribution in [3.8, 4) is 0 Å². The summed E-state index contributed by atoms with van der Waals surface area (Å²) < 4.78 is 27.1. The molecular weight excluding hydrogens is 428 g/mol. The van der Waals surface area contributed by atoms with E-state index < -0.39 is 10.0 Å². The van der Waals surface area contributed by atoms with Gasteiger partial charge >= 0.3 is 0 Å². The average Bonchev–Trinajstić information content (AvgIpc) is 3.22. The molecule has 1 aliphatic rings. The zero-order valence-electron chi connectivity index (χ0n) is 15.7. The van der Waals surface area contributed by atoms with Crippen molar-refractivity contribution < 1.29 is 13.2 Å². The fraction of sp³-hybridized carbons (Fsp3) is 0.316. The minimum atomic E-state index is -3.34. The van der Waals surface area contributed by atoms with Crippen LogP contribution in [0.15, 0.2) is 46.9 Å². The van der Waals surface area contributed by atoms with Crippen LogP contribution in [-0.4, -0.2) is 41.0 Å².